The number of methoxy groups -OCH3 is 1. The maximum Gasteiger partial charge on any atom is 0.234 e. The number of hydrogen-bond donors (Lipinski definition) is 0. The third-order valence-corrected chi connectivity index (χ3v) is 3.20. The Kier molecular flexibility index (Phi) is 2.67. The normalized spacial score (nSPS) is 15.3. The first-order valence-corrected chi connectivity index (χ1v) is 5.94. The number of nitrogens with zero attached hydrogens (tertiary/aromatic N) is 2. The molecule has 1 saturated heterocycles. The highest BCUT2D eigenvalue weighted by Gasteiger charge is 2.29. The first-order chi connectivity index (χ1) is 9.20. The lowest BCUT2D eigenvalue weighted by Gasteiger charge is -2.18. The topological polar surface area (TPSA) is 59.5 Å². The van der Waals surface area contributed by atoms with E-state index in [0.29, 0.717) is 17.0 Å². The summed E-state index contributed by atoms with van der Waals surface area (Å²) in [5, 5.41) is 0.810. The van der Waals surface area contributed by atoms with Crippen LogP contribution in [-0.2, 0) is 9.59 Å². The van der Waals surface area contributed by atoms with Crippen molar-refractivity contribution in [1.82, 2.24) is 4.98 Å². The molecular formula is C14H12N2O3. The lowest BCUT2D eigenvalue weighted by molar-refractivity contribution is -0.121. The molecule has 19 heavy (non-hydrogen) atoms. The van der Waals surface area contributed by atoms with Crippen molar-refractivity contribution in [3.63, 3.8) is 0 Å². The minimum Gasteiger partial charge on any atom is -0.494 e. The molecule has 1 amide bonds. The molecule has 96 valence electrons. The second kappa shape index (κ2) is 4.35. The predicted molar refractivity (Wildman–Crippen MR) is 70.3 cm³/mol. The van der Waals surface area contributed by atoms with Gasteiger partial charge >= 0.3 is 0 Å². The zero-order valence-corrected chi connectivity index (χ0v) is 10.4. The van der Waals surface area contributed by atoms with E-state index >= 15 is 0 Å². The molecule has 1 aromatic carbocycles. The molecule has 1 aliphatic rings. The number of anilines is 1. The maximum absolute atomic E-state index is 11.8. The Balaban J connectivity index is 2.20. The molecule has 1 aliphatic heterocycles. The van der Waals surface area contributed by atoms with Crippen LogP contribution in [0.3, 0.4) is 0 Å². The van der Waals surface area contributed by atoms with E-state index in [0.717, 1.165) is 5.39 Å². The lowest BCUT2D eigenvalue weighted by Crippen LogP contribution is -2.24. The number of Topliss-reactive ketones (excluding diaryl/α,β-unsaturated/α-hetero) is 1. The first kappa shape index (κ1) is 11.6. The molecule has 0 bridgehead atoms. The standard InChI is InChI=1S/C14H12N2O3/c1-19-12-5-4-11(10-3-2-6-15-14(10)12)16-8-9(17)7-13(16)18/h2-6H,7-8H2,1H3. The summed E-state index contributed by atoms with van der Waals surface area (Å²) >= 11 is 0. The van der Waals surface area contributed by atoms with Gasteiger partial charge in [0.05, 0.1) is 25.8 Å². The Labute approximate surface area is 109 Å². The van der Waals surface area contributed by atoms with Gasteiger partial charge in [-0.1, -0.05) is 0 Å². The fourth-order valence-corrected chi connectivity index (χ4v) is 2.34. The van der Waals surface area contributed by atoms with Crippen molar-refractivity contribution in [2.24, 2.45) is 0 Å². The molecule has 0 N–H and O–H groups in total. The van der Waals surface area contributed by atoms with Crippen molar-refractivity contribution >= 4 is 28.3 Å². The number of ether oxygens (including phenoxy) is 1. The lowest BCUT2D eigenvalue weighted by atomic mass is 10.1. The minimum atomic E-state index is -0.166. The molecule has 5 nitrogen and oxygen atoms in total. The van der Waals surface area contributed by atoms with Gasteiger partial charge in [0.15, 0.2) is 5.78 Å². The Hall–Kier alpha value is -2.43. The molecule has 0 unspecified atom stereocenters. The van der Waals surface area contributed by atoms with E-state index in [-0.39, 0.29) is 24.7 Å². The molecule has 3 rings (SSSR count). The average molecular weight is 256 g/mol. The number of hydrogen-bond acceptors (Lipinski definition) is 4. The largest absolute Gasteiger partial charge is 0.494 e. The molecule has 0 atom stereocenters. The van der Waals surface area contributed by atoms with Crippen LogP contribution in [-0.4, -0.2) is 30.3 Å². The Morgan fingerprint density at radius 1 is 1.26 bits per heavy atom. The summed E-state index contributed by atoms with van der Waals surface area (Å²) in [6.45, 7) is 0.134. The van der Waals surface area contributed by atoms with Crippen LogP contribution >= 0.6 is 0 Å². The number of rotatable bonds is 2. The summed E-state index contributed by atoms with van der Waals surface area (Å²) in [7, 11) is 1.58. The Bertz CT molecular complexity index is 681. The van der Waals surface area contributed by atoms with Gasteiger partial charge in [0, 0.05) is 11.6 Å². The number of carbonyl (C=O) groups excluding carboxylic acids is 2. The van der Waals surface area contributed by atoms with E-state index in [4.69, 9.17) is 4.74 Å². The molecule has 0 saturated carbocycles. The summed E-state index contributed by atoms with van der Waals surface area (Å²) in [5.41, 5.74) is 1.40. The van der Waals surface area contributed by atoms with Gasteiger partial charge in [-0.05, 0) is 24.3 Å². The molecule has 0 spiro atoms. The Morgan fingerprint density at radius 2 is 2.11 bits per heavy atom. The van der Waals surface area contributed by atoms with Crippen LogP contribution < -0.4 is 9.64 Å². The van der Waals surface area contributed by atoms with Crippen LogP contribution in [0.4, 0.5) is 5.69 Å². The van der Waals surface area contributed by atoms with Gasteiger partial charge in [0.1, 0.15) is 11.3 Å². The van der Waals surface area contributed by atoms with E-state index in [1.165, 1.54) is 4.90 Å². The van der Waals surface area contributed by atoms with Crippen molar-refractivity contribution in [3.8, 4) is 5.75 Å². The van der Waals surface area contributed by atoms with Gasteiger partial charge in [-0.25, -0.2) is 0 Å². The summed E-state index contributed by atoms with van der Waals surface area (Å²) < 4.78 is 5.26. The summed E-state index contributed by atoms with van der Waals surface area (Å²) in [4.78, 5) is 29.0. The Morgan fingerprint density at radius 3 is 2.79 bits per heavy atom. The van der Waals surface area contributed by atoms with Crippen LogP contribution in [0.1, 0.15) is 6.42 Å². The van der Waals surface area contributed by atoms with E-state index in [2.05, 4.69) is 4.98 Å². The van der Waals surface area contributed by atoms with Gasteiger partial charge in [0.2, 0.25) is 5.91 Å². The second-order valence-corrected chi connectivity index (χ2v) is 4.38. The highest BCUT2D eigenvalue weighted by atomic mass is 16.5. The van der Waals surface area contributed by atoms with Crippen molar-refractivity contribution in [1.29, 1.82) is 0 Å². The zero-order valence-electron chi connectivity index (χ0n) is 10.4. The second-order valence-electron chi connectivity index (χ2n) is 4.38. The molecule has 2 aromatic rings. The zero-order chi connectivity index (χ0) is 13.4. The van der Waals surface area contributed by atoms with E-state index in [1.807, 2.05) is 6.07 Å². The molecule has 2 heterocycles. The number of amides is 1. The van der Waals surface area contributed by atoms with Crippen LogP contribution in [0.5, 0.6) is 5.75 Å². The molecular weight excluding hydrogens is 244 g/mol. The number of pyridine rings is 1. The van der Waals surface area contributed by atoms with E-state index < -0.39 is 0 Å². The van der Waals surface area contributed by atoms with Crippen LogP contribution in [0.2, 0.25) is 0 Å². The average Bonchev–Trinajstić information content (AvgIpc) is 2.76. The number of carbonyl (C=O) groups is 2. The van der Waals surface area contributed by atoms with Crippen LogP contribution in [0.15, 0.2) is 30.5 Å². The summed E-state index contributed by atoms with van der Waals surface area (Å²) in [5.74, 6) is 0.426. The van der Waals surface area contributed by atoms with Gasteiger partial charge in [0.25, 0.3) is 0 Å². The summed E-state index contributed by atoms with van der Waals surface area (Å²) in [6.07, 6.45) is 1.65. The van der Waals surface area contributed by atoms with Crippen LogP contribution in [0.25, 0.3) is 10.9 Å². The maximum atomic E-state index is 11.8. The number of ketones is 1. The number of fused-ring (bicyclic) bond motifs is 1. The third kappa shape index (κ3) is 1.83. The van der Waals surface area contributed by atoms with E-state index in [9.17, 15) is 9.59 Å². The molecule has 0 aliphatic carbocycles. The van der Waals surface area contributed by atoms with Gasteiger partial charge < -0.3 is 9.64 Å². The SMILES string of the molecule is COc1ccc(N2CC(=O)CC2=O)c2cccnc12. The van der Waals surface area contributed by atoms with Gasteiger partial charge in [-0.15, -0.1) is 0 Å². The van der Waals surface area contributed by atoms with Crippen LogP contribution in [0, 0.1) is 0 Å². The fraction of sp³-hybridized carbons (Fsp3) is 0.214. The predicted octanol–water partition coefficient (Wildman–Crippen LogP) is 1.55. The van der Waals surface area contributed by atoms with Gasteiger partial charge in [-0.3, -0.25) is 14.6 Å². The van der Waals surface area contributed by atoms with Crippen molar-refractivity contribution in [3.05, 3.63) is 30.5 Å². The quantitative estimate of drug-likeness (QED) is 0.765. The molecule has 1 aromatic heterocycles. The fourth-order valence-electron chi connectivity index (χ4n) is 2.34. The van der Waals surface area contributed by atoms with E-state index in [1.54, 1.807) is 31.5 Å². The first-order valence-electron chi connectivity index (χ1n) is 5.94. The third-order valence-electron chi connectivity index (χ3n) is 3.20. The smallest absolute Gasteiger partial charge is 0.234 e. The number of benzene rings is 1. The highest BCUT2D eigenvalue weighted by Crippen LogP contribution is 2.33. The van der Waals surface area contributed by atoms with Crippen molar-refractivity contribution < 1.29 is 14.3 Å². The van der Waals surface area contributed by atoms with Crippen molar-refractivity contribution in [2.75, 3.05) is 18.6 Å². The molecule has 0 radical (unpaired) electrons. The molecule has 5 heteroatoms. The van der Waals surface area contributed by atoms with Gasteiger partial charge in [-0.2, -0.15) is 0 Å². The van der Waals surface area contributed by atoms with Crippen molar-refractivity contribution in [2.45, 2.75) is 6.42 Å². The minimum absolute atomic E-state index is 0.0201. The monoisotopic (exact) mass is 256 g/mol. The molecule has 1 fully saturated rings. The summed E-state index contributed by atoms with van der Waals surface area (Å²) in [6, 6.07) is 7.23. The number of aromatic nitrogens is 1. The highest BCUT2D eigenvalue weighted by molar-refractivity contribution is 6.17.